The molecule has 1 aliphatic heterocycles. The molecule has 1 aliphatic rings. The van der Waals surface area contributed by atoms with Gasteiger partial charge in [0.25, 0.3) is 5.91 Å². The lowest BCUT2D eigenvalue weighted by Crippen LogP contribution is -2.49. The van der Waals surface area contributed by atoms with Gasteiger partial charge >= 0.3 is 0 Å². The number of hydrogen-bond donors (Lipinski definition) is 0. The van der Waals surface area contributed by atoms with Crippen molar-refractivity contribution >= 4 is 11.8 Å². The number of hydrogen-bond acceptors (Lipinski definition) is 2. The molecule has 1 unspecified atom stereocenters. The van der Waals surface area contributed by atoms with Crippen LogP contribution in [-0.4, -0.2) is 22.8 Å². The molecule has 3 heteroatoms. The highest BCUT2D eigenvalue weighted by Crippen LogP contribution is 2.23. The lowest BCUT2D eigenvalue weighted by Gasteiger charge is -2.33. The average molecular weight is 231 g/mol. The summed E-state index contributed by atoms with van der Waals surface area (Å²) in [5.74, 6) is 0.0288. The number of carbonyl (C=O) groups is 2. The molecule has 1 atom stereocenters. The van der Waals surface area contributed by atoms with Gasteiger partial charge in [-0.2, -0.15) is 0 Å². The van der Waals surface area contributed by atoms with Crippen LogP contribution >= 0.6 is 0 Å². The Labute approximate surface area is 101 Å². The maximum Gasteiger partial charge on any atom is 0.261 e. The number of rotatable bonds is 2. The van der Waals surface area contributed by atoms with Crippen LogP contribution in [0.2, 0.25) is 0 Å². The van der Waals surface area contributed by atoms with E-state index in [0.717, 1.165) is 5.56 Å². The highest BCUT2D eigenvalue weighted by atomic mass is 16.2. The van der Waals surface area contributed by atoms with Crippen LogP contribution in [0.25, 0.3) is 0 Å². The Morgan fingerprint density at radius 1 is 1.12 bits per heavy atom. The summed E-state index contributed by atoms with van der Waals surface area (Å²) in [5, 5.41) is 0. The van der Waals surface area contributed by atoms with E-state index in [1.807, 2.05) is 39.0 Å². The van der Waals surface area contributed by atoms with Crippen LogP contribution in [0.3, 0.4) is 0 Å². The molecule has 0 spiro atoms. The first kappa shape index (κ1) is 11.8. The molecule has 0 aliphatic carbocycles. The number of imide groups is 1. The zero-order valence-corrected chi connectivity index (χ0v) is 10.4. The van der Waals surface area contributed by atoms with Gasteiger partial charge in [0.1, 0.15) is 0 Å². The molecule has 0 radical (unpaired) electrons. The lowest BCUT2D eigenvalue weighted by molar-refractivity contribution is -0.130. The molecule has 3 nitrogen and oxygen atoms in total. The molecule has 0 fully saturated rings. The second-order valence-corrected chi connectivity index (χ2v) is 4.89. The summed E-state index contributed by atoms with van der Waals surface area (Å²) < 4.78 is 0. The largest absolute Gasteiger partial charge is 0.275 e. The van der Waals surface area contributed by atoms with Crippen molar-refractivity contribution < 1.29 is 9.59 Å². The van der Waals surface area contributed by atoms with Crippen molar-refractivity contribution in [3.63, 3.8) is 0 Å². The van der Waals surface area contributed by atoms with Gasteiger partial charge in [0.05, 0.1) is 6.42 Å². The zero-order valence-electron chi connectivity index (χ0n) is 10.4. The Bertz CT molecular complexity index is 465. The molecule has 90 valence electrons. The summed E-state index contributed by atoms with van der Waals surface area (Å²) in [7, 11) is 0. The first-order chi connectivity index (χ1) is 8.02. The summed E-state index contributed by atoms with van der Waals surface area (Å²) in [5.41, 5.74) is 1.51. The highest BCUT2D eigenvalue weighted by Gasteiger charge is 2.34. The van der Waals surface area contributed by atoms with Gasteiger partial charge in [-0.15, -0.1) is 0 Å². The second kappa shape index (κ2) is 4.32. The number of nitrogens with zero attached hydrogens (tertiary/aromatic N) is 1. The van der Waals surface area contributed by atoms with Crippen molar-refractivity contribution in [1.29, 1.82) is 0 Å². The van der Waals surface area contributed by atoms with E-state index in [1.165, 1.54) is 4.90 Å². The number of benzene rings is 1. The number of carbonyl (C=O) groups excluding carboxylic acids is 2. The van der Waals surface area contributed by atoms with E-state index in [0.29, 0.717) is 12.0 Å². The Kier molecular flexibility index (Phi) is 3.01. The fraction of sp³-hybridized carbons (Fsp3) is 0.429. The number of amides is 2. The van der Waals surface area contributed by atoms with Crippen molar-refractivity contribution in [2.75, 3.05) is 0 Å². The molecule has 2 rings (SSSR count). The highest BCUT2D eigenvalue weighted by molar-refractivity contribution is 6.09. The second-order valence-electron chi connectivity index (χ2n) is 4.89. The van der Waals surface area contributed by atoms with Crippen molar-refractivity contribution in [3.8, 4) is 0 Å². The van der Waals surface area contributed by atoms with E-state index < -0.39 is 0 Å². The molecule has 0 aromatic heterocycles. The summed E-state index contributed by atoms with van der Waals surface area (Å²) >= 11 is 0. The molecule has 0 saturated carbocycles. The fourth-order valence-electron chi connectivity index (χ4n) is 2.08. The lowest BCUT2D eigenvalue weighted by atomic mass is 9.95. The standard InChI is InChI=1S/C14H17NO2/c1-9(2)10(3)15-13(16)8-11-6-4-5-7-12(11)14(15)17/h4-7,9-10H,8H2,1-3H3. The minimum absolute atomic E-state index is 0.0524. The fourth-order valence-corrected chi connectivity index (χ4v) is 2.08. The Morgan fingerprint density at radius 3 is 2.41 bits per heavy atom. The van der Waals surface area contributed by atoms with Crippen LogP contribution in [0, 0.1) is 5.92 Å². The van der Waals surface area contributed by atoms with Crippen LogP contribution in [0.4, 0.5) is 0 Å². The summed E-state index contributed by atoms with van der Waals surface area (Å²) in [6.07, 6.45) is 0.332. The van der Waals surface area contributed by atoms with Gasteiger partial charge in [0.15, 0.2) is 0 Å². The third-order valence-corrected chi connectivity index (χ3v) is 3.45. The van der Waals surface area contributed by atoms with Crippen LogP contribution in [-0.2, 0) is 11.2 Å². The van der Waals surface area contributed by atoms with Crippen LogP contribution in [0.1, 0.15) is 36.7 Å². The predicted molar refractivity (Wildman–Crippen MR) is 65.6 cm³/mol. The minimum atomic E-state index is -0.155. The molecule has 1 heterocycles. The average Bonchev–Trinajstić information content (AvgIpc) is 2.28. The SMILES string of the molecule is CC(C)C(C)N1C(=O)Cc2ccccc2C1=O. The molecule has 17 heavy (non-hydrogen) atoms. The molecular weight excluding hydrogens is 214 g/mol. The Balaban J connectivity index is 2.40. The molecule has 0 saturated heterocycles. The van der Waals surface area contributed by atoms with Crippen molar-refractivity contribution in [3.05, 3.63) is 35.4 Å². The van der Waals surface area contributed by atoms with Gasteiger partial charge in [-0.25, -0.2) is 0 Å². The van der Waals surface area contributed by atoms with Crippen molar-refractivity contribution in [1.82, 2.24) is 4.90 Å². The Hall–Kier alpha value is -1.64. The maximum atomic E-state index is 12.3. The van der Waals surface area contributed by atoms with E-state index in [9.17, 15) is 9.59 Å². The minimum Gasteiger partial charge on any atom is -0.275 e. The normalized spacial score (nSPS) is 17.3. The molecule has 1 aromatic rings. The van der Waals surface area contributed by atoms with Gasteiger partial charge < -0.3 is 0 Å². The van der Waals surface area contributed by atoms with E-state index in [2.05, 4.69) is 0 Å². The van der Waals surface area contributed by atoms with Gasteiger partial charge in [0.2, 0.25) is 5.91 Å². The molecule has 2 amide bonds. The van der Waals surface area contributed by atoms with Gasteiger partial charge in [-0.05, 0) is 24.5 Å². The third-order valence-electron chi connectivity index (χ3n) is 3.45. The van der Waals surface area contributed by atoms with E-state index in [1.54, 1.807) is 6.07 Å². The summed E-state index contributed by atoms with van der Waals surface area (Å²) in [6.45, 7) is 5.96. The van der Waals surface area contributed by atoms with Gasteiger partial charge in [-0.1, -0.05) is 32.0 Å². The van der Waals surface area contributed by atoms with Crippen LogP contribution in [0.5, 0.6) is 0 Å². The third kappa shape index (κ3) is 1.97. The molecule has 0 N–H and O–H groups in total. The van der Waals surface area contributed by atoms with Crippen LogP contribution < -0.4 is 0 Å². The van der Waals surface area contributed by atoms with E-state index in [-0.39, 0.29) is 23.8 Å². The first-order valence-corrected chi connectivity index (χ1v) is 5.96. The number of fused-ring (bicyclic) bond motifs is 1. The van der Waals surface area contributed by atoms with E-state index >= 15 is 0 Å². The van der Waals surface area contributed by atoms with Gasteiger partial charge in [0, 0.05) is 11.6 Å². The zero-order chi connectivity index (χ0) is 12.6. The van der Waals surface area contributed by atoms with Crippen molar-refractivity contribution in [2.24, 2.45) is 5.92 Å². The quantitative estimate of drug-likeness (QED) is 0.732. The first-order valence-electron chi connectivity index (χ1n) is 5.96. The molecule has 1 aromatic carbocycles. The van der Waals surface area contributed by atoms with Crippen molar-refractivity contribution in [2.45, 2.75) is 33.2 Å². The van der Waals surface area contributed by atoms with Gasteiger partial charge in [-0.3, -0.25) is 14.5 Å². The van der Waals surface area contributed by atoms with Crippen LogP contribution in [0.15, 0.2) is 24.3 Å². The maximum absolute atomic E-state index is 12.3. The smallest absolute Gasteiger partial charge is 0.261 e. The predicted octanol–water partition coefficient (Wildman–Crippen LogP) is 2.26. The topological polar surface area (TPSA) is 37.4 Å². The molecular formula is C14H17NO2. The summed E-state index contributed by atoms with van der Waals surface area (Å²) in [4.78, 5) is 25.7. The monoisotopic (exact) mass is 231 g/mol. The molecule has 0 bridgehead atoms. The summed E-state index contributed by atoms with van der Waals surface area (Å²) in [6, 6.07) is 7.29. The van der Waals surface area contributed by atoms with E-state index in [4.69, 9.17) is 0 Å². The Morgan fingerprint density at radius 2 is 1.76 bits per heavy atom.